The molecule has 5 aromatic carbocycles. The molecule has 0 bridgehead atoms. The fraction of sp³-hybridized carbons (Fsp3) is 0.244. The fourth-order valence-corrected chi connectivity index (χ4v) is 10.5. The van der Waals surface area contributed by atoms with Crippen molar-refractivity contribution in [1.82, 2.24) is 0 Å². The van der Waals surface area contributed by atoms with Crippen molar-refractivity contribution in [3.63, 3.8) is 0 Å². The Morgan fingerprint density at radius 3 is 1.93 bits per heavy atom. The van der Waals surface area contributed by atoms with Crippen LogP contribution < -0.4 is 25.4 Å². The highest BCUT2D eigenvalue weighted by atomic mass is 31.1. The molecule has 1 unspecified atom stereocenters. The Bertz CT molecular complexity index is 1850. The first-order valence-electron chi connectivity index (χ1n) is 16.2. The van der Waals surface area contributed by atoms with Gasteiger partial charge < -0.3 is 14.2 Å². The van der Waals surface area contributed by atoms with Crippen LogP contribution in [0.5, 0.6) is 11.5 Å². The van der Waals surface area contributed by atoms with E-state index in [0.717, 1.165) is 49.5 Å². The highest BCUT2D eigenvalue weighted by Crippen LogP contribution is 2.55. The lowest BCUT2D eigenvalue weighted by molar-refractivity contribution is 0.316. The molecule has 2 aliphatic carbocycles. The van der Waals surface area contributed by atoms with E-state index in [1.165, 1.54) is 49.3 Å². The minimum atomic E-state index is -0.843. The fourth-order valence-electron chi connectivity index (χ4n) is 7.98. The van der Waals surface area contributed by atoms with Crippen molar-refractivity contribution in [2.75, 3.05) is 20.8 Å². The van der Waals surface area contributed by atoms with Gasteiger partial charge >= 0.3 is 0 Å². The monoisotopic (exact) mass is 623 g/mol. The van der Waals surface area contributed by atoms with Crippen molar-refractivity contribution < 1.29 is 14.2 Å². The minimum absolute atomic E-state index is 0.0687. The highest BCUT2D eigenvalue weighted by molar-refractivity contribution is 7.80. The summed E-state index contributed by atoms with van der Waals surface area (Å²) < 4.78 is 17.5. The lowest BCUT2D eigenvalue weighted by Gasteiger charge is -2.33. The van der Waals surface area contributed by atoms with Gasteiger partial charge in [0.25, 0.3) is 0 Å². The van der Waals surface area contributed by atoms with Gasteiger partial charge in [0.1, 0.15) is 18.1 Å². The van der Waals surface area contributed by atoms with Crippen molar-refractivity contribution in [3.05, 3.63) is 149 Å². The van der Waals surface area contributed by atoms with Gasteiger partial charge in [-0.1, -0.05) is 84.9 Å². The maximum Gasteiger partial charge on any atom is 0.216 e. The zero-order valence-electron chi connectivity index (χ0n) is 26.4. The number of fused-ring (bicyclic) bond motifs is 4. The number of hydrogen-bond donors (Lipinski definition) is 0. The highest BCUT2D eigenvalue weighted by Gasteiger charge is 2.49. The Labute approximate surface area is 272 Å². The van der Waals surface area contributed by atoms with E-state index in [1.807, 2.05) is 0 Å². The van der Waals surface area contributed by atoms with Crippen molar-refractivity contribution in [1.29, 1.82) is 0 Å². The lowest BCUT2D eigenvalue weighted by atomic mass is 9.74. The second kappa shape index (κ2) is 12.1. The summed E-state index contributed by atoms with van der Waals surface area (Å²) in [7, 11) is 2.61. The first kappa shape index (κ1) is 29.0. The Morgan fingerprint density at radius 1 is 0.696 bits per heavy atom. The Kier molecular flexibility index (Phi) is 7.62. The molecular weight excluding hydrogens is 585 g/mol. The van der Waals surface area contributed by atoms with E-state index in [1.54, 1.807) is 14.2 Å². The Balaban J connectivity index is 1.26. The van der Waals surface area contributed by atoms with Crippen molar-refractivity contribution in [2.45, 2.75) is 43.6 Å². The van der Waals surface area contributed by atoms with Gasteiger partial charge in [0.05, 0.1) is 20.3 Å². The summed E-state index contributed by atoms with van der Waals surface area (Å²) in [5, 5.41) is 4.07. The molecule has 5 heteroatoms. The quantitative estimate of drug-likeness (QED) is 0.174. The summed E-state index contributed by atoms with van der Waals surface area (Å²) in [6.07, 6.45) is 5.26. The smallest absolute Gasteiger partial charge is 0.216 e. The summed E-state index contributed by atoms with van der Waals surface area (Å²) in [5.41, 5.74) is 8.31. The average Bonchev–Trinajstić information content (AvgIpc) is 3.84. The van der Waals surface area contributed by atoms with Gasteiger partial charge in [-0.15, -0.1) is 0 Å². The lowest BCUT2D eigenvalue weighted by Crippen LogP contribution is -2.32. The maximum atomic E-state index is 6.43. The zero-order valence-corrected chi connectivity index (χ0v) is 27.3. The van der Waals surface area contributed by atoms with E-state index in [2.05, 4.69) is 115 Å². The van der Waals surface area contributed by atoms with E-state index < -0.39 is 7.92 Å². The normalized spacial score (nSPS) is 19.5. The van der Waals surface area contributed by atoms with Crippen LogP contribution in [0.3, 0.4) is 0 Å². The summed E-state index contributed by atoms with van der Waals surface area (Å²) >= 11 is 0. The molecule has 3 aliphatic rings. The predicted octanol–water partition coefficient (Wildman–Crippen LogP) is 7.03. The maximum absolute atomic E-state index is 6.43. The molecule has 0 aromatic heterocycles. The third-order valence-electron chi connectivity index (χ3n) is 10.0. The molecule has 5 aromatic rings. The minimum Gasteiger partial charge on any atom is -0.497 e. The van der Waals surface area contributed by atoms with Crippen LogP contribution in [0.15, 0.2) is 120 Å². The van der Waals surface area contributed by atoms with Crippen LogP contribution in [0.1, 0.15) is 46.2 Å². The molecule has 4 nitrogen and oxygen atoms in total. The number of rotatable bonds is 8. The molecule has 0 saturated carbocycles. The van der Waals surface area contributed by atoms with Crippen molar-refractivity contribution in [3.8, 4) is 11.5 Å². The molecule has 1 heterocycles. The van der Waals surface area contributed by atoms with Crippen LogP contribution in [0, 0.1) is 0 Å². The Morgan fingerprint density at radius 2 is 1.30 bits per heavy atom. The number of benzene rings is 5. The molecule has 230 valence electrons. The second-order valence-electron chi connectivity index (χ2n) is 12.6. The molecule has 46 heavy (non-hydrogen) atoms. The molecule has 2 atom stereocenters. The predicted molar refractivity (Wildman–Crippen MR) is 189 cm³/mol. The third-order valence-corrected chi connectivity index (χ3v) is 12.5. The van der Waals surface area contributed by atoms with E-state index >= 15 is 0 Å². The van der Waals surface area contributed by atoms with Gasteiger partial charge in [-0.25, -0.2) is 4.99 Å². The number of aryl methyl sites for hydroxylation is 2. The number of aliphatic imine (C=N–C) groups is 1. The van der Waals surface area contributed by atoms with Gasteiger partial charge in [0.15, 0.2) is 0 Å². The molecule has 0 amide bonds. The van der Waals surface area contributed by atoms with E-state index in [4.69, 9.17) is 19.2 Å². The van der Waals surface area contributed by atoms with Crippen LogP contribution in [0.25, 0.3) is 0 Å². The van der Waals surface area contributed by atoms with Gasteiger partial charge in [-0.3, -0.25) is 0 Å². The zero-order chi connectivity index (χ0) is 31.1. The molecule has 0 N–H and O–H groups in total. The van der Waals surface area contributed by atoms with Crippen LogP contribution in [0.2, 0.25) is 0 Å². The summed E-state index contributed by atoms with van der Waals surface area (Å²) in [4.78, 5) is 5.20. The van der Waals surface area contributed by atoms with Gasteiger partial charge in [0.2, 0.25) is 5.90 Å². The second-order valence-corrected chi connectivity index (χ2v) is 14.7. The van der Waals surface area contributed by atoms with Crippen molar-refractivity contribution >= 4 is 29.7 Å². The SMILES string of the molecule is COc1ccc(P(c2ccc(OC)cc2)c2cccc3c2C2(CCc4cccc(C5=N[C@@H](Cc6ccccc6)CO5)c42)CC3)cc1. The van der Waals surface area contributed by atoms with E-state index in [0.29, 0.717) is 6.61 Å². The summed E-state index contributed by atoms with van der Waals surface area (Å²) in [5.74, 6) is 2.57. The van der Waals surface area contributed by atoms with Crippen LogP contribution in [-0.4, -0.2) is 32.8 Å². The van der Waals surface area contributed by atoms with E-state index in [9.17, 15) is 0 Å². The Hall–Kier alpha value is -4.40. The number of methoxy groups -OCH3 is 2. The molecule has 1 aliphatic heterocycles. The summed E-state index contributed by atoms with van der Waals surface area (Å²) in [6.45, 7) is 0.628. The molecule has 0 radical (unpaired) electrons. The molecule has 0 saturated heterocycles. The van der Waals surface area contributed by atoms with Crippen LogP contribution >= 0.6 is 7.92 Å². The van der Waals surface area contributed by atoms with Crippen molar-refractivity contribution in [2.24, 2.45) is 4.99 Å². The third kappa shape index (κ3) is 5.00. The van der Waals surface area contributed by atoms with Gasteiger partial charge in [0, 0.05) is 11.0 Å². The molecule has 1 spiro atoms. The topological polar surface area (TPSA) is 40.0 Å². The summed E-state index contributed by atoms with van der Waals surface area (Å²) in [6, 6.07) is 42.0. The molecule has 0 fully saturated rings. The van der Waals surface area contributed by atoms with Crippen LogP contribution in [0.4, 0.5) is 0 Å². The first-order valence-corrected chi connectivity index (χ1v) is 17.6. The van der Waals surface area contributed by atoms with E-state index in [-0.39, 0.29) is 11.5 Å². The number of hydrogen-bond acceptors (Lipinski definition) is 4. The number of nitrogens with zero attached hydrogens (tertiary/aromatic N) is 1. The average molecular weight is 624 g/mol. The largest absolute Gasteiger partial charge is 0.497 e. The van der Waals surface area contributed by atoms with Gasteiger partial charge in [-0.05, 0) is 114 Å². The first-order chi connectivity index (χ1) is 22.7. The molecular formula is C41H38NO3P. The standard InChI is InChI=1S/C41H38NO3P/c1-43-32-14-18-34(19-15-32)46(35-20-16-33(44-2)17-21-35)37-13-7-11-30-23-25-41(39(30)37)24-22-29-10-6-12-36(38(29)41)40-42-31(27-45-40)26-28-8-4-3-5-9-28/h3-21,31H,22-27H2,1-2H3/t31-,41?/m0/s1. The van der Waals surface area contributed by atoms with Crippen LogP contribution in [-0.2, 0) is 29.4 Å². The molecule has 8 rings (SSSR count). The number of ether oxygens (including phenoxy) is 3. The van der Waals surface area contributed by atoms with Gasteiger partial charge in [-0.2, -0.15) is 0 Å².